The number of thiazole rings is 1. The Bertz CT molecular complexity index is 6560. The van der Waals surface area contributed by atoms with Crippen LogP contribution < -0.4 is 103 Å². The van der Waals surface area contributed by atoms with Gasteiger partial charge >= 0.3 is 51.2 Å². The van der Waals surface area contributed by atoms with Crippen molar-refractivity contribution in [2.24, 2.45) is 7.05 Å². The van der Waals surface area contributed by atoms with E-state index in [1.807, 2.05) is 41.5 Å². The largest absolute Gasteiger partial charge is 0.442 e. The maximum absolute atomic E-state index is 11.0. The quantitative estimate of drug-likeness (QED) is 0.0781. The van der Waals surface area contributed by atoms with Crippen LogP contribution in [-0.2, 0) is 7.05 Å². The molecule has 0 aliphatic heterocycles. The highest BCUT2D eigenvalue weighted by molar-refractivity contribution is 7.18. The molecular formula is C56H62N40O11S. The molecule has 18 rings (SSSR count). The second-order valence-corrected chi connectivity index (χ2v) is 23.5. The lowest BCUT2D eigenvalue weighted by atomic mass is 10.2. The molecule has 0 saturated heterocycles. The van der Waals surface area contributed by atoms with Crippen molar-refractivity contribution < 1.29 is 8.83 Å². The van der Waals surface area contributed by atoms with E-state index in [0.29, 0.717) is 106 Å². The van der Waals surface area contributed by atoms with Crippen LogP contribution >= 0.6 is 11.3 Å². The first-order valence-electron chi connectivity index (χ1n) is 30.4. The molecule has 0 spiro atoms. The van der Waals surface area contributed by atoms with Gasteiger partial charge in [-0.25, -0.2) is 63.1 Å². The van der Waals surface area contributed by atoms with Crippen LogP contribution in [-0.4, -0.2) is 155 Å². The summed E-state index contributed by atoms with van der Waals surface area (Å²) in [4.78, 5) is 177. The molecule has 0 radical (unpaired) electrons. The van der Waals surface area contributed by atoms with Crippen LogP contribution in [0.4, 0.5) is 52.4 Å². The second-order valence-electron chi connectivity index (χ2n) is 22.3. The number of rotatable bonds is 0. The lowest BCUT2D eigenvalue weighted by Crippen LogP contribution is -2.13. The Kier molecular flexibility index (Phi) is 21.2. The fraction of sp³-hybridized carbons (Fsp3) is 0.161. The van der Waals surface area contributed by atoms with E-state index in [2.05, 4.69) is 150 Å². The first-order valence-corrected chi connectivity index (χ1v) is 31.2. The van der Waals surface area contributed by atoms with Gasteiger partial charge in [-0.1, -0.05) is 11.3 Å². The number of aryl methyl sites for hydroxylation is 9. The highest BCUT2D eigenvalue weighted by atomic mass is 32.1. The number of nitrogens with two attached hydrogens (primary N) is 9. The second kappa shape index (κ2) is 30.6. The van der Waals surface area contributed by atoms with Crippen molar-refractivity contribution in [3.63, 3.8) is 0 Å². The molecule has 0 aliphatic rings. The number of anilines is 9. The summed E-state index contributed by atoms with van der Waals surface area (Å²) in [5.74, 6) is 3.48. The summed E-state index contributed by atoms with van der Waals surface area (Å²) in [7, 11) is 1.78. The zero-order valence-corrected chi connectivity index (χ0v) is 58.2. The predicted molar refractivity (Wildman–Crippen MR) is 397 cm³/mol. The van der Waals surface area contributed by atoms with Crippen molar-refractivity contribution in [1.82, 2.24) is 155 Å². The van der Waals surface area contributed by atoms with Crippen molar-refractivity contribution in [2.75, 3.05) is 51.6 Å². The summed E-state index contributed by atoms with van der Waals surface area (Å²) < 4.78 is 12.0. The number of aromatic amines is 14. The Balaban J connectivity index is 0.000000130. The molecule has 0 aromatic carbocycles. The number of nitrogen functional groups attached to an aromatic ring is 9. The first kappa shape index (κ1) is 74.6. The fourth-order valence-corrected chi connectivity index (χ4v) is 10.5. The van der Waals surface area contributed by atoms with E-state index in [4.69, 9.17) is 60.4 Å². The van der Waals surface area contributed by atoms with E-state index in [1.54, 1.807) is 31.8 Å². The van der Waals surface area contributed by atoms with Gasteiger partial charge in [0.15, 0.2) is 56.0 Å². The highest BCUT2D eigenvalue weighted by Crippen LogP contribution is 2.26. The number of fused-ring (bicyclic) bond motifs is 9. The van der Waals surface area contributed by atoms with Gasteiger partial charge in [0.2, 0.25) is 5.71 Å². The molecule has 18 aromatic rings. The zero-order valence-electron chi connectivity index (χ0n) is 57.4. The van der Waals surface area contributed by atoms with Crippen LogP contribution in [0.3, 0.4) is 0 Å². The molecule has 0 fully saturated rings. The molecule has 18 heterocycles. The maximum Gasteiger partial charge on any atom is 0.349 e. The molecule has 0 amide bonds. The number of furan rings is 1. The van der Waals surface area contributed by atoms with Crippen LogP contribution in [0.5, 0.6) is 0 Å². The van der Waals surface area contributed by atoms with E-state index in [1.165, 1.54) is 23.9 Å². The molecule has 0 saturated carbocycles. The van der Waals surface area contributed by atoms with Gasteiger partial charge in [0.25, 0.3) is 5.71 Å². The van der Waals surface area contributed by atoms with Crippen molar-refractivity contribution in [3.05, 3.63) is 158 Å². The maximum atomic E-state index is 11.0. The standard InChI is InChI=1S/2C8H10N4O.C8H9N3O2.C6H7N5O.C6H6N4O2.C6H6N4OS.2C5H5N5O.C4H4N6O/c1-3-4(2)10-6-5(3)11-8(13)12-7(6)9;1-3-4(2)10-7-5(3)6(9)11-8(13)12-7;1-3-4(2)13-7-5(3)6(9)10-8(12)11-7;1-11-2-8-5-3(11)4(7)9-6(12)10-5;2*1-2-8-3-4(7)9-6(11)10-5(3)12-2;6-3-2-4(8-1-7-2)10-5(11)9-3;6-3-2-1-7-10-4(2)9-5(11)8-3;5-2-1-3(9-10-8-1)7-4(11)6-2/h10H,1-2H3,(H3,9,11,12,13);1-2H3,(H4,9,10,11,12,13);1-2H3,(H3,9,10,11,12);2H,1H3,(H3,7,9,10,12);2*1H3,(H3,7,9,10,11);2*1H,(H4,6,7,8,9,10,11);(H4,5,6,7,8,9,10,11). The molecule has 558 valence electrons. The lowest BCUT2D eigenvalue weighted by molar-refractivity contribution is 0.550. The Morgan fingerprint density at radius 3 is 1.68 bits per heavy atom. The van der Waals surface area contributed by atoms with E-state index in [-0.39, 0.29) is 40.6 Å². The summed E-state index contributed by atoms with van der Waals surface area (Å²) in [6, 6.07) is 0. The third-order valence-corrected chi connectivity index (χ3v) is 15.8. The Morgan fingerprint density at radius 1 is 0.417 bits per heavy atom. The average molecular weight is 1500 g/mol. The first-order chi connectivity index (χ1) is 51.1. The van der Waals surface area contributed by atoms with Gasteiger partial charge in [-0.2, -0.15) is 60.3 Å². The van der Waals surface area contributed by atoms with Crippen molar-refractivity contribution in [2.45, 2.75) is 55.4 Å². The van der Waals surface area contributed by atoms with Crippen LogP contribution in [0.25, 0.3) is 99.3 Å². The third kappa shape index (κ3) is 16.6. The molecule has 0 unspecified atom stereocenters. The number of hydrogen-bond acceptors (Lipinski definition) is 37. The van der Waals surface area contributed by atoms with Crippen molar-refractivity contribution in [3.8, 4) is 0 Å². The lowest BCUT2D eigenvalue weighted by Gasteiger charge is -1.96. The van der Waals surface area contributed by atoms with Gasteiger partial charge in [-0.05, 0) is 59.6 Å². The number of nitrogens with one attached hydrogen (secondary N) is 14. The van der Waals surface area contributed by atoms with Gasteiger partial charge in [0.1, 0.15) is 74.2 Å². The number of H-pyrrole nitrogens is 14. The third-order valence-electron chi connectivity index (χ3n) is 14.9. The minimum Gasteiger partial charge on any atom is -0.442 e. The van der Waals surface area contributed by atoms with E-state index >= 15 is 0 Å². The minimum atomic E-state index is -0.531. The highest BCUT2D eigenvalue weighted by Gasteiger charge is 2.15. The summed E-state index contributed by atoms with van der Waals surface area (Å²) in [6.07, 6.45) is 4.50. The number of hydrogen-bond donors (Lipinski definition) is 23. The van der Waals surface area contributed by atoms with Crippen LogP contribution in [0.1, 0.15) is 44.7 Å². The Hall–Kier alpha value is -16.1. The number of oxazole rings is 1. The molecule has 0 bridgehead atoms. The smallest absolute Gasteiger partial charge is 0.349 e. The molecule has 0 atom stereocenters. The number of aromatic nitrogens is 31. The van der Waals surface area contributed by atoms with Crippen molar-refractivity contribution in [1.29, 1.82) is 0 Å². The summed E-state index contributed by atoms with van der Waals surface area (Å²) in [5.41, 5.74) is 56.8. The van der Waals surface area contributed by atoms with Crippen LogP contribution in [0.2, 0.25) is 0 Å². The van der Waals surface area contributed by atoms with E-state index < -0.39 is 51.2 Å². The summed E-state index contributed by atoms with van der Waals surface area (Å²) in [5, 5.41) is 18.8. The van der Waals surface area contributed by atoms with E-state index in [9.17, 15) is 43.2 Å². The van der Waals surface area contributed by atoms with Gasteiger partial charge in [0.05, 0.1) is 45.5 Å². The minimum absolute atomic E-state index is 0.0810. The average Bonchev–Trinajstić information content (AvgIpc) is 1.65. The monoisotopic (exact) mass is 1500 g/mol. The normalized spacial score (nSPS) is 10.8. The molecule has 0 aliphatic carbocycles. The number of nitrogens with zero attached hydrogens (tertiary/aromatic N) is 17. The predicted octanol–water partition coefficient (Wildman–Crippen LogP) is -1.99. The molecule has 52 heteroatoms. The molecule has 51 nitrogen and oxygen atoms in total. The van der Waals surface area contributed by atoms with Crippen molar-refractivity contribution >= 4 is 163 Å². The molecule has 108 heavy (non-hydrogen) atoms. The Labute approximate surface area is 596 Å². The van der Waals surface area contributed by atoms with E-state index in [0.717, 1.165) is 49.7 Å². The zero-order chi connectivity index (χ0) is 78.4. The van der Waals surface area contributed by atoms with Gasteiger partial charge in [-0.15, -0.1) is 5.10 Å². The van der Waals surface area contributed by atoms with Crippen LogP contribution in [0.15, 0.2) is 70.8 Å². The van der Waals surface area contributed by atoms with Gasteiger partial charge < -0.3 is 84.9 Å². The molecular weight excluding hydrogens is 1440 g/mol. The summed E-state index contributed by atoms with van der Waals surface area (Å²) >= 11 is 1.36. The van der Waals surface area contributed by atoms with Crippen LogP contribution in [0, 0.1) is 55.4 Å². The SMILES string of the molecule is Cc1[nH]c2c(N)nc(=O)[nH]c2c1C.Cc1[nH]c2nc(=O)[nH]c(N)c2c1C.Cc1nc2c(N)[nH]c(=O)nc2o1.Cc1nc2c(N)[nH]c(=O)nc2s1.Cc1oc2nc(=O)[nH]c(N)c2c1C.Cn1cnc2nc(=O)[nH]c(N)c21.Nc1[nH]c(=O)nc2[nH]ncc12.Nc1[nH]c(=O)nc2nc[nH]c12.Nc1nc(=O)[nH]c2n[nH]nc12. The van der Waals surface area contributed by atoms with Gasteiger partial charge in [-0.3, -0.25) is 45.0 Å². The Morgan fingerprint density at radius 2 is 0.972 bits per heavy atom. The van der Waals surface area contributed by atoms with Gasteiger partial charge in [0, 0.05) is 30.9 Å². The fourth-order valence-electron chi connectivity index (χ4n) is 9.66. The molecule has 32 N–H and O–H groups in total. The summed E-state index contributed by atoms with van der Waals surface area (Å²) in [6.45, 7) is 14.9. The molecule has 18 aromatic heterocycles. The topological polar surface area (TPSA) is 846 Å². The number of imidazole rings is 2.